The minimum absolute atomic E-state index is 0.0356. The second-order valence-corrected chi connectivity index (χ2v) is 3.57. The van der Waals surface area contributed by atoms with Gasteiger partial charge >= 0.3 is 0 Å². The number of hydrogen-bond acceptors (Lipinski definition) is 1. The molecule has 0 aliphatic heterocycles. The predicted octanol–water partition coefficient (Wildman–Crippen LogP) is 2.41. The molecule has 1 saturated carbocycles. The largest absolute Gasteiger partial charge is 0.290 e. The van der Waals surface area contributed by atoms with Gasteiger partial charge in [0.05, 0.1) is 0 Å². The number of ketones is 1. The zero-order valence-electron chi connectivity index (χ0n) is 7.05. The molecule has 0 radical (unpaired) electrons. The van der Waals surface area contributed by atoms with Gasteiger partial charge in [0.1, 0.15) is 0 Å². The maximum Gasteiger partial charge on any atom is 0.178 e. The van der Waals surface area contributed by atoms with Crippen LogP contribution < -0.4 is 0 Å². The number of allylic oxidation sites excluding steroid dienone is 5. The van der Waals surface area contributed by atoms with E-state index in [-0.39, 0.29) is 11.2 Å². The van der Waals surface area contributed by atoms with Gasteiger partial charge in [-0.1, -0.05) is 24.3 Å². The molecule has 0 heterocycles. The van der Waals surface area contributed by atoms with E-state index in [0.29, 0.717) is 0 Å². The van der Waals surface area contributed by atoms with Crippen molar-refractivity contribution in [3.05, 3.63) is 36.5 Å². The smallest absolute Gasteiger partial charge is 0.178 e. The van der Waals surface area contributed by atoms with E-state index < -0.39 is 0 Å². The van der Waals surface area contributed by atoms with Gasteiger partial charge in [-0.05, 0) is 31.4 Å². The molecule has 2 aliphatic carbocycles. The van der Waals surface area contributed by atoms with Crippen LogP contribution in [-0.2, 0) is 4.79 Å². The van der Waals surface area contributed by atoms with Crippen molar-refractivity contribution in [3.8, 4) is 0 Å². The van der Waals surface area contributed by atoms with Gasteiger partial charge in [0.15, 0.2) is 5.78 Å². The molecule has 2 rings (SSSR count). The molecule has 0 N–H and O–H groups in total. The predicted molar refractivity (Wildman–Crippen MR) is 48.7 cm³/mol. The first-order valence-corrected chi connectivity index (χ1v) is 4.34. The van der Waals surface area contributed by atoms with E-state index in [9.17, 15) is 4.79 Å². The molecule has 0 aromatic heterocycles. The minimum Gasteiger partial charge on any atom is -0.290 e. The zero-order chi connectivity index (χ0) is 8.60. The Labute approximate surface area is 72.5 Å². The molecule has 1 heteroatoms. The minimum atomic E-state index is 0.0356. The summed E-state index contributed by atoms with van der Waals surface area (Å²) in [5.74, 6) is 0.0975. The highest BCUT2D eigenvalue weighted by atomic mass is 16.1. The third-order valence-corrected chi connectivity index (χ3v) is 2.82. The van der Waals surface area contributed by atoms with E-state index in [1.807, 2.05) is 12.2 Å². The topological polar surface area (TPSA) is 17.1 Å². The summed E-state index contributed by atoms with van der Waals surface area (Å²) in [6.07, 6.45) is 10.7. The number of carbonyl (C=O) groups excluding carboxylic acids is 1. The van der Waals surface area contributed by atoms with E-state index >= 15 is 0 Å². The van der Waals surface area contributed by atoms with E-state index in [0.717, 1.165) is 12.8 Å². The fraction of sp³-hybridized carbons (Fsp3) is 0.364. The number of hydrogen-bond donors (Lipinski definition) is 0. The Balaban J connectivity index is 2.34. The zero-order valence-corrected chi connectivity index (χ0v) is 7.05. The first-order valence-electron chi connectivity index (χ1n) is 4.34. The van der Waals surface area contributed by atoms with Crippen molar-refractivity contribution >= 4 is 5.78 Å². The van der Waals surface area contributed by atoms with E-state index in [1.54, 1.807) is 12.2 Å². The fourth-order valence-corrected chi connectivity index (χ4v) is 1.98. The Morgan fingerprint density at radius 1 is 1.33 bits per heavy atom. The highest BCUT2D eigenvalue weighted by Gasteiger charge is 2.33. The van der Waals surface area contributed by atoms with Crippen molar-refractivity contribution < 1.29 is 4.79 Å². The SMILES string of the molecule is C=C1CCCC12C=CC(=O)C=C2. The standard InChI is InChI=1S/C11H12O/c1-9-3-2-6-11(9)7-4-10(12)5-8-11/h4-5,7-8H,1-3,6H2. The molecule has 1 fully saturated rings. The Kier molecular flexibility index (Phi) is 1.53. The van der Waals surface area contributed by atoms with Crippen molar-refractivity contribution in [1.29, 1.82) is 0 Å². The fourth-order valence-electron chi connectivity index (χ4n) is 1.98. The lowest BCUT2D eigenvalue weighted by Gasteiger charge is -2.24. The van der Waals surface area contributed by atoms with Crippen LogP contribution in [0.15, 0.2) is 36.5 Å². The van der Waals surface area contributed by atoms with Gasteiger partial charge in [-0.3, -0.25) is 4.79 Å². The van der Waals surface area contributed by atoms with Crippen LogP contribution in [0.1, 0.15) is 19.3 Å². The Morgan fingerprint density at radius 3 is 2.50 bits per heavy atom. The molecule has 0 atom stereocenters. The molecular formula is C11H12O. The van der Waals surface area contributed by atoms with Crippen molar-refractivity contribution in [2.45, 2.75) is 19.3 Å². The lowest BCUT2D eigenvalue weighted by atomic mass is 9.80. The van der Waals surface area contributed by atoms with Gasteiger partial charge in [-0.25, -0.2) is 0 Å². The first kappa shape index (κ1) is 7.53. The van der Waals surface area contributed by atoms with Gasteiger partial charge in [-0.2, -0.15) is 0 Å². The molecule has 1 spiro atoms. The van der Waals surface area contributed by atoms with Crippen LogP contribution in [0, 0.1) is 5.41 Å². The third-order valence-electron chi connectivity index (χ3n) is 2.82. The highest BCUT2D eigenvalue weighted by molar-refractivity contribution is 6.00. The van der Waals surface area contributed by atoms with Crippen LogP contribution in [0.5, 0.6) is 0 Å². The second kappa shape index (κ2) is 2.44. The molecule has 0 aromatic rings. The Morgan fingerprint density at radius 2 is 2.00 bits per heavy atom. The molecule has 0 unspecified atom stereocenters. The maximum atomic E-state index is 10.9. The molecule has 62 valence electrons. The highest BCUT2D eigenvalue weighted by Crippen LogP contribution is 2.45. The van der Waals surface area contributed by atoms with Crippen LogP contribution >= 0.6 is 0 Å². The van der Waals surface area contributed by atoms with Crippen LogP contribution in [0.4, 0.5) is 0 Å². The lowest BCUT2D eigenvalue weighted by Crippen LogP contribution is -2.15. The maximum absolute atomic E-state index is 10.9. The summed E-state index contributed by atoms with van der Waals surface area (Å²) >= 11 is 0. The Hall–Kier alpha value is -1.11. The summed E-state index contributed by atoms with van der Waals surface area (Å²) in [4.78, 5) is 10.9. The summed E-state index contributed by atoms with van der Waals surface area (Å²) in [5.41, 5.74) is 1.29. The summed E-state index contributed by atoms with van der Waals surface area (Å²) in [5, 5.41) is 0. The van der Waals surface area contributed by atoms with Crippen LogP contribution in [0.3, 0.4) is 0 Å². The first-order chi connectivity index (χ1) is 5.73. The second-order valence-electron chi connectivity index (χ2n) is 3.57. The molecule has 0 saturated heterocycles. The third kappa shape index (κ3) is 0.970. The molecule has 0 aromatic carbocycles. The molecule has 2 aliphatic rings. The van der Waals surface area contributed by atoms with Gasteiger partial charge in [-0.15, -0.1) is 0 Å². The van der Waals surface area contributed by atoms with E-state index in [1.165, 1.54) is 12.0 Å². The summed E-state index contributed by atoms with van der Waals surface area (Å²) < 4.78 is 0. The molecule has 12 heavy (non-hydrogen) atoms. The number of carbonyl (C=O) groups is 1. The molecule has 0 bridgehead atoms. The average Bonchev–Trinajstić information content (AvgIpc) is 2.41. The normalized spacial score (nSPS) is 25.7. The van der Waals surface area contributed by atoms with Crippen molar-refractivity contribution in [2.75, 3.05) is 0 Å². The molecule has 0 amide bonds. The summed E-state index contributed by atoms with van der Waals surface area (Å²) in [6.45, 7) is 4.04. The quantitative estimate of drug-likeness (QED) is 0.497. The Bertz CT molecular complexity index is 278. The van der Waals surface area contributed by atoms with Gasteiger partial charge in [0.25, 0.3) is 0 Å². The van der Waals surface area contributed by atoms with Gasteiger partial charge < -0.3 is 0 Å². The van der Waals surface area contributed by atoms with Gasteiger partial charge in [0.2, 0.25) is 0 Å². The van der Waals surface area contributed by atoms with Crippen molar-refractivity contribution in [2.24, 2.45) is 5.41 Å². The van der Waals surface area contributed by atoms with Crippen LogP contribution in [0.25, 0.3) is 0 Å². The van der Waals surface area contributed by atoms with Crippen LogP contribution in [0.2, 0.25) is 0 Å². The van der Waals surface area contributed by atoms with Crippen LogP contribution in [-0.4, -0.2) is 5.78 Å². The monoisotopic (exact) mass is 160 g/mol. The summed E-state index contributed by atoms with van der Waals surface area (Å²) in [6, 6.07) is 0. The molecular weight excluding hydrogens is 148 g/mol. The van der Waals surface area contributed by atoms with E-state index in [4.69, 9.17) is 0 Å². The average molecular weight is 160 g/mol. The summed E-state index contributed by atoms with van der Waals surface area (Å²) in [7, 11) is 0. The lowest BCUT2D eigenvalue weighted by molar-refractivity contribution is -0.110. The van der Waals surface area contributed by atoms with E-state index in [2.05, 4.69) is 6.58 Å². The van der Waals surface area contributed by atoms with Crippen molar-refractivity contribution in [1.82, 2.24) is 0 Å². The number of rotatable bonds is 0. The van der Waals surface area contributed by atoms with Gasteiger partial charge in [0, 0.05) is 5.41 Å². The van der Waals surface area contributed by atoms with Crippen molar-refractivity contribution in [3.63, 3.8) is 0 Å². The molecule has 1 nitrogen and oxygen atoms in total.